The van der Waals surface area contributed by atoms with Crippen molar-refractivity contribution in [1.29, 1.82) is 0 Å². The summed E-state index contributed by atoms with van der Waals surface area (Å²) in [5.41, 5.74) is 0. The lowest BCUT2D eigenvalue weighted by molar-refractivity contribution is -0.152. The van der Waals surface area contributed by atoms with Crippen molar-refractivity contribution in [3.05, 3.63) is 0 Å². The monoisotopic (exact) mass is 440 g/mol. The van der Waals surface area contributed by atoms with Crippen LogP contribution in [0.3, 0.4) is 0 Å². The minimum absolute atomic E-state index is 0.0216. The molecule has 0 amide bonds. The quantitative estimate of drug-likeness (QED) is 0.136. The van der Waals surface area contributed by atoms with Gasteiger partial charge in [0, 0.05) is 6.42 Å². The smallest absolute Gasteiger partial charge is 0.309 e. The van der Waals surface area contributed by atoms with E-state index >= 15 is 0 Å². The van der Waals surface area contributed by atoms with Gasteiger partial charge in [0.15, 0.2) is 0 Å². The summed E-state index contributed by atoms with van der Waals surface area (Å²) in [4.78, 5) is 23.1. The Hall–Kier alpha value is -1.06. The molecule has 0 saturated carbocycles. The highest BCUT2D eigenvalue weighted by Gasteiger charge is 2.24. The number of carboxylic acids is 1. The Bertz CT molecular complexity index is 433. The van der Waals surface area contributed by atoms with Crippen LogP contribution in [0, 0.1) is 17.8 Å². The first kappa shape index (κ1) is 29.9. The Morgan fingerprint density at radius 1 is 0.742 bits per heavy atom. The average molecular weight is 441 g/mol. The number of carbonyl (C=O) groups excluding carboxylic acids is 1. The lowest BCUT2D eigenvalue weighted by Crippen LogP contribution is -2.25. The van der Waals surface area contributed by atoms with Gasteiger partial charge in [0.25, 0.3) is 0 Å². The topological polar surface area (TPSA) is 63.6 Å². The molecule has 0 aromatic carbocycles. The summed E-state index contributed by atoms with van der Waals surface area (Å²) in [5, 5.41) is 8.62. The van der Waals surface area contributed by atoms with Gasteiger partial charge in [-0.3, -0.25) is 9.59 Å². The van der Waals surface area contributed by atoms with E-state index in [4.69, 9.17) is 9.84 Å². The van der Waals surface area contributed by atoms with Gasteiger partial charge in [0.2, 0.25) is 0 Å². The second kappa shape index (κ2) is 20.8. The van der Waals surface area contributed by atoms with Crippen LogP contribution < -0.4 is 0 Å². The van der Waals surface area contributed by atoms with Crippen LogP contribution in [0.1, 0.15) is 137 Å². The third kappa shape index (κ3) is 18.2. The van der Waals surface area contributed by atoms with Gasteiger partial charge in [-0.25, -0.2) is 0 Å². The van der Waals surface area contributed by atoms with Gasteiger partial charge in [-0.1, -0.05) is 111 Å². The molecule has 0 fully saturated rings. The fourth-order valence-corrected chi connectivity index (χ4v) is 4.16. The van der Waals surface area contributed by atoms with Crippen LogP contribution in [0.5, 0.6) is 0 Å². The molecule has 0 heterocycles. The Balaban J connectivity index is 3.76. The van der Waals surface area contributed by atoms with Crippen molar-refractivity contribution in [2.24, 2.45) is 17.8 Å². The minimum atomic E-state index is -0.677. The largest absolute Gasteiger partial charge is 0.481 e. The van der Waals surface area contributed by atoms with Crippen molar-refractivity contribution in [3.63, 3.8) is 0 Å². The summed E-state index contributed by atoms with van der Waals surface area (Å²) in [6, 6.07) is 0. The van der Waals surface area contributed by atoms with Crippen LogP contribution in [0.15, 0.2) is 0 Å². The molecule has 2 atom stereocenters. The Labute approximate surface area is 192 Å². The average Bonchev–Trinajstić information content (AvgIpc) is 2.73. The second-order valence-electron chi connectivity index (χ2n) is 9.72. The summed E-state index contributed by atoms with van der Waals surface area (Å²) in [6.45, 7) is 9.28. The third-order valence-electron chi connectivity index (χ3n) is 6.52. The minimum Gasteiger partial charge on any atom is -0.481 e. The molecule has 4 nitrogen and oxygen atoms in total. The molecule has 0 aliphatic rings. The van der Waals surface area contributed by atoms with Crippen molar-refractivity contribution >= 4 is 11.9 Å². The number of hydrogen-bond donors (Lipinski definition) is 1. The third-order valence-corrected chi connectivity index (χ3v) is 6.52. The van der Waals surface area contributed by atoms with Crippen LogP contribution in [0.25, 0.3) is 0 Å². The zero-order valence-corrected chi connectivity index (χ0v) is 21.1. The zero-order chi connectivity index (χ0) is 23.3. The standard InChI is InChI=1S/C27H52O4/c1-5-7-19-24(6-2)22-31-27(30)25(23(3)4)20-17-15-13-11-9-8-10-12-14-16-18-21-26(28)29/h23-25H,5-22H2,1-4H3,(H,28,29). The highest BCUT2D eigenvalue weighted by Crippen LogP contribution is 2.22. The van der Waals surface area contributed by atoms with E-state index in [0.717, 1.165) is 44.9 Å². The van der Waals surface area contributed by atoms with Gasteiger partial charge >= 0.3 is 11.9 Å². The number of carbonyl (C=O) groups is 2. The van der Waals surface area contributed by atoms with E-state index in [9.17, 15) is 9.59 Å². The lowest BCUT2D eigenvalue weighted by atomic mass is 9.90. The molecule has 184 valence electrons. The summed E-state index contributed by atoms with van der Waals surface area (Å²) in [7, 11) is 0. The first-order chi connectivity index (χ1) is 14.9. The summed E-state index contributed by atoms with van der Waals surface area (Å²) in [6.07, 6.45) is 18.9. The predicted molar refractivity (Wildman–Crippen MR) is 130 cm³/mol. The van der Waals surface area contributed by atoms with Gasteiger partial charge in [0.1, 0.15) is 0 Å². The molecule has 0 saturated heterocycles. The Morgan fingerprint density at radius 3 is 1.71 bits per heavy atom. The number of hydrogen-bond acceptors (Lipinski definition) is 3. The van der Waals surface area contributed by atoms with E-state index in [2.05, 4.69) is 27.7 Å². The van der Waals surface area contributed by atoms with Crippen LogP contribution in [0.4, 0.5) is 0 Å². The maximum absolute atomic E-state index is 12.6. The van der Waals surface area contributed by atoms with Gasteiger partial charge < -0.3 is 9.84 Å². The zero-order valence-electron chi connectivity index (χ0n) is 21.1. The van der Waals surface area contributed by atoms with Crippen LogP contribution in [0.2, 0.25) is 0 Å². The molecule has 0 aromatic rings. The maximum atomic E-state index is 12.6. The number of unbranched alkanes of at least 4 members (excludes halogenated alkanes) is 11. The summed E-state index contributed by atoms with van der Waals surface area (Å²) < 4.78 is 5.72. The molecule has 0 rings (SSSR count). The molecule has 0 aliphatic heterocycles. The fourth-order valence-electron chi connectivity index (χ4n) is 4.16. The van der Waals surface area contributed by atoms with Gasteiger partial charge in [-0.2, -0.15) is 0 Å². The number of aliphatic carboxylic acids is 1. The fraction of sp³-hybridized carbons (Fsp3) is 0.926. The number of ether oxygens (including phenoxy) is 1. The molecule has 1 N–H and O–H groups in total. The van der Waals surface area contributed by atoms with Crippen LogP contribution in [-0.4, -0.2) is 23.7 Å². The highest BCUT2D eigenvalue weighted by atomic mass is 16.5. The van der Waals surface area contributed by atoms with E-state index in [1.54, 1.807) is 0 Å². The van der Waals surface area contributed by atoms with E-state index < -0.39 is 5.97 Å². The molecule has 0 radical (unpaired) electrons. The van der Waals surface area contributed by atoms with Gasteiger partial charge in [0.05, 0.1) is 12.5 Å². The molecular weight excluding hydrogens is 388 g/mol. The molecule has 4 heteroatoms. The molecule has 0 spiro atoms. The number of rotatable bonds is 22. The predicted octanol–water partition coefficient (Wildman–Crippen LogP) is 8.17. The van der Waals surface area contributed by atoms with Crippen LogP contribution >= 0.6 is 0 Å². The molecule has 0 aliphatic carbocycles. The highest BCUT2D eigenvalue weighted by molar-refractivity contribution is 5.72. The van der Waals surface area contributed by atoms with Crippen molar-refractivity contribution in [2.45, 2.75) is 137 Å². The van der Waals surface area contributed by atoms with Gasteiger partial charge in [-0.15, -0.1) is 0 Å². The molecule has 0 aromatic heterocycles. The summed E-state index contributed by atoms with van der Waals surface area (Å²) >= 11 is 0. The van der Waals surface area contributed by atoms with Gasteiger partial charge in [-0.05, 0) is 31.1 Å². The summed E-state index contributed by atoms with van der Waals surface area (Å²) in [5.74, 6) is 0.252. The van der Waals surface area contributed by atoms with Crippen molar-refractivity contribution in [3.8, 4) is 0 Å². The van der Waals surface area contributed by atoms with Crippen LogP contribution in [-0.2, 0) is 14.3 Å². The first-order valence-electron chi connectivity index (χ1n) is 13.3. The molecule has 0 bridgehead atoms. The van der Waals surface area contributed by atoms with Crippen molar-refractivity contribution in [2.75, 3.05) is 6.61 Å². The molecular formula is C27H52O4. The van der Waals surface area contributed by atoms with E-state index in [1.165, 1.54) is 57.8 Å². The van der Waals surface area contributed by atoms with Crippen molar-refractivity contribution < 1.29 is 19.4 Å². The number of esters is 1. The van der Waals surface area contributed by atoms with E-state index in [1.807, 2.05) is 0 Å². The van der Waals surface area contributed by atoms with Crippen molar-refractivity contribution in [1.82, 2.24) is 0 Å². The van der Waals surface area contributed by atoms with E-state index in [-0.39, 0.29) is 11.9 Å². The normalized spacial score (nSPS) is 13.3. The van der Waals surface area contributed by atoms with E-state index in [0.29, 0.717) is 24.9 Å². The second-order valence-corrected chi connectivity index (χ2v) is 9.72. The Kier molecular flexibility index (Phi) is 20.1. The molecule has 31 heavy (non-hydrogen) atoms. The SMILES string of the molecule is CCCCC(CC)COC(=O)C(CCCCCCCCCCCCCC(=O)O)C(C)C. The first-order valence-corrected chi connectivity index (χ1v) is 13.3. The number of carboxylic acid groups (broad SMARTS) is 1. The lowest BCUT2D eigenvalue weighted by Gasteiger charge is -2.21. The molecule has 2 unspecified atom stereocenters. The Morgan fingerprint density at radius 2 is 1.26 bits per heavy atom. The maximum Gasteiger partial charge on any atom is 0.309 e.